The van der Waals surface area contributed by atoms with E-state index in [0.29, 0.717) is 0 Å². The summed E-state index contributed by atoms with van der Waals surface area (Å²) in [6, 6.07) is 1.96. The summed E-state index contributed by atoms with van der Waals surface area (Å²) in [5.74, 6) is 1.15. The fourth-order valence-corrected chi connectivity index (χ4v) is 2.52. The molecule has 0 aliphatic heterocycles. The van der Waals surface area contributed by atoms with Crippen LogP contribution in [-0.4, -0.2) is 26.5 Å². The van der Waals surface area contributed by atoms with Gasteiger partial charge in [-0.1, -0.05) is 6.92 Å². The molecule has 1 aromatic carbocycles. The molecule has 0 saturated carbocycles. The van der Waals surface area contributed by atoms with Crippen LogP contribution in [0.1, 0.15) is 40.4 Å². The molecule has 0 aromatic heterocycles. The summed E-state index contributed by atoms with van der Waals surface area (Å²) in [6.45, 7) is 8.77. The zero-order chi connectivity index (χ0) is 14.6. The number of aryl methyl sites for hydroxylation is 1. The molecule has 0 saturated heterocycles. The molecule has 1 aromatic rings. The van der Waals surface area contributed by atoms with Gasteiger partial charge in [0.2, 0.25) is 0 Å². The Hall–Kier alpha value is -1.35. The zero-order valence-electron chi connectivity index (χ0n) is 12.9. The Morgan fingerprint density at radius 1 is 1.32 bits per heavy atom. The maximum atomic E-state index is 12.6. The predicted octanol–water partition coefficient (Wildman–Crippen LogP) is 3.05. The fraction of sp³-hybridized carbons (Fsp3) is 0.562. The number of hydrogen-bond donors (Lipinski definition) is 1. The van der Waals surface area contributed by atoms with Crippen molar-refractivity contribution in [2.75, 3.05) is 20.7 Å². The molecule has 0 aliphatic rings. The van der Waals surface area contributed by atoms with E-state index < -0.39 is 0 Å². The SMILES string of the molecule is CCC(CNC)C(=O)c1cc(C)c(OC)c(C)c1C. The number of ether oxygens (including phenoxy) is 1. The van der Waals surface area contributed by atoms with Crippen LogP contribution in [0, 0.1) is 26.7 Å². The monoisotopic (exact) mass is 263 g/mol. The molecule has 0 radical (unpaired) electrons. The van der Waals surface area contributed by atoms with Gasteiger partial charge in [0.1, 0.15) is 5.75 Å². The third-order valence-electron chi connectivity index (χ3n) is 3.81. The van der Waals surface area contributed by atoms with Gasteiger partial charge in [-0.05, 0) is 57.0 Å². The third kappa shape index (κ3) is 3.16. The summed E-state index contributed by atoms with van der Waals surface area (Å²) < 4.78 is 5.40. The number of carbonyl (C=O) groups excluding carboxylic acids is 1. The predicted molar refractivity (Wildman–Crippen MR) is 79.2 cm³/mol. The lowest BCUT2D eigenvalue weighted by Gasteiger charge is -2.18. The highest BCUT2D eigenvalue weighted by molar-refractivity contribution is 6.00. The van der Waals surface area contributed by atoms with Crippen molar-refractivity contribution in [1.29, 1.82) is 0 Å². The van der Waals surface area contributed by atoms with Crippen molar-refractivity contribution >= 4 is 5.78 Å². The van der Waals surface area contributed by atoms with Crippen molar-refractivity contribution in [3.63, 3.8) is 0 Å². The van der Waals surface area contributed by atoms with Crippen LogP contribution < -0.4 is 10.1 Å². The first-order valence-electron chi connectivity index (χ1n) is 6.81. The second-order valence-corrected chi connectivity index (χ2v) is 5.05. The van der Waals surface area contributed by atoms with E-state index >= 15 is 0 Å². The summed E-state index contributed by atoms with van der Waals surface area (Å²) in [7, 11) is 3.55. The Bertz CT molecular complexity index is 466. The Morgan fingerprint density at radius 2 is 1.95 bits per heavy atom. The summed E-state index contributed by atoms with van der Waals surface area (Å²) in [6.07, 6.45) is 0.850. The number of benzene rings is 1. The van der Waals surface area contributed by atoms with Crippen molar-refractivity contribution in [2.45, 2.75) is 34.1 Å². The Morgan fingerprint density at radius 3 is 2.42 bits per heavy atom. The fourth-order valence-electron chi connectivity index (χ4n) is 2.52. The summed E-state index contributed by atoms with van der Waals surface area (Å²) in [5, 5.41) is 3.10. The average molecular weight is 263 g/mol. The molecule has 1 unspecified atom stereocenters. The lowest BCUT2D eigenvalue weighted by atomic mass is 9.89. The highest BCUT2D eigenvalue weighted by Crippen LogP contribution is 2.30. The van der Waals surface area contributed by atoms with Crippen LogP contribution in [0.2, 0.25) is 0 Å². The highest BCUT2D eigenvalue weighted by atomic mass is 16.5. The minimum atomic E-state index is 0.0379. The first-order chi connectivity index (χ1) is 8.97. The maximum absolute atomic E-state index is 12.6. The number of ketones is 1. The first-order valence-corrected chi connectivity index (χ1v) is 6.81. The van der Waals surface area contributed by atoms with Gasteiger partial charge < -0.3 is 10.1 Å². The Balaban J connectivity index is 3.24. The topological polar surface area (TPSA) is 38.3 Å². The summed E-state index contributed by atoms with van der Waals surface area (Å²) in [5.41, 5.74) is 3.94. The number of nitrogens with one attached hydrogen (secondary N) is 1. The van der Waals surface area contributed by atoms with E-state index in [2.05, 4.69) is 12.2 Å². The molecule has 1 N–H and O–H groups in total. The van der Waals surface area contributed by atoms with Crippen LogP contribution in [0.3, 0.4) is 0 Å². The first kappa shape index (κ1) is 15.7. The van der Waals surface area contributed by atoms with Gasteiger partial charge >= 0.3 is 0 Å². The molecule has 1 atom stereocenters. The molecule has 0 bridgehead atoms. The van der Waals surface area contributed by atoms with E-state index in [1.54, 1.807) is 7.11 Å². The molecule has 0 aliphatic carbocycles. The molecule has 19 heavy (non-hydrogen) atoms. The van der Waals surface area contributed by atoms with Crippen LogP contribution in [0.15, 0.2) is 6.07 Å². The van der Waals surface area contributed by atoms with Crippen molar-refractivity contribution in [1.82, 2.24) is 5.32 Å². The quantitative estimate of drug-likeness (QED) is 0.802. The van der Waals surface area contributed by atoms with Crippen LogP contribution >= 0.6 is 0 Å². The van der Waals surface area contributed by atoms with Crippen LogP contribution in [0.4, 0.5) is 0 Å². The van der Waals surface area contributed by atoms with E-state index in [1.165, 1.54) is 0 Å². The van der Waals surface area contributed by atoms with Crippen molar-refractivity contribution in [3.05, 3.63) is 28.3 Å². The van der Waals surface area contributed by atoms with E-state index in [0.717, 1.165) is 41.0 Å². The van der Waals surface area contributed by atoms with E-state index in [-0.39, 0.29) is 11.7 Å². The molecule has 0 amide bonds. The molecule has 0 heterocycles. The van der Waals surface area contributed by atoms with Crippen LogP contribution in [0.5, 0.6) is 5.75 Å². The lowest BCUT2D eigenvalue weighted by Crippen LogP contribution is -2.26. The van der Waals surface area contributed by atoms with Gasteiger partial charge in [0.25, 0.3) is 0 Å². The Labute approximate surface area is 116 Å². The van der Waals surface area contributed by atoms with Gasteiger partial charge in [-0.15, -0.1) is 0 Å². The van der Waals surface area contributed by atoms with Crippen molar-refractivity contribution in [2.24, 2.45) is 5.92 Å². The molecule has 1 rings (SSSR count). The molecule has 3 heteroatoms. The van der Waals surface area contributed by atoms with Crippen molar-refractivity contribution in [3.8, 4) is 5.75 Å². The largest absolute Gasteiger partial charge is 0.496 e. The van der Waals surface area contributed by atoms with E-state index in [4.69, 9.17) is 4.74 Å². The zero-order valence-corrected chi connectivity index (χ0v) is 12.9. The number of rotatable bonds is 6. The molecular weight excluding hydrogens is 238 g/mol. The third-order valence-corrected chi connectivity index (χ3v) is 3.81. The number of carbonyl (C=O) groups is 1. The number of hydrogen-bond acceptors (Lipinski definition) is 3. The van der Waals surface area contributed by atoms with E-state index in [1.807, 2.05) is 33.9 Å². The van der Waals surface area contributed by atoms with Crippen LogP contribution in [-0.2, 0) is 0 Å². The summed E-state index contributed by atoms with van der Waals surface area (Å²) in [4.78, 5) is 12.6. The lowest BCUT2D eigenvalue weighted by molar-refractivity contribution is 0.0916. The van der Waals surface area contributed by atoms with Gasteiger partial charge in [0.05, 0.1) is 7.11 Å². The van der Waals surface area contributed by atoms with Crippen molar-refractivity contribution < 1.29 is 9.53 Å². The Kier molecular flexibility index (Phi) is 5.55. The number of methoxy groups -OCH3 is 1. The van der Waals surface area contributed by atoms with Gasteiger partial charge in [-0.2, -0.15) is 0 Å². The standard InChI is InChI=1S/C16H25NO2/c1-7-13(9-17-5)15(18)14-8-10(2)16(19-6)12(4)11(14)3/h8,13,17H,7,9H2,1-6H3. The summed E-state index contributed by atoms with van der Waals surface area (Å²) >= 11 is 0. The molecule has 3 nitrogen and oxygen atoms in total. The van der Waals surface area contributed by atoms with Gasteiger partial charge in [-0.3, -0.25) is 4.79 Å². The smallest absolute Gasteiger partial charge is 0.167 e. The molecular formula is C16H25NO2. The molecule has 106 valence electrons. The molecule has 0 fully saturated rings. The second kappa shape index (κ2) is 6.71. The minimum Gasteiger partial charge on any atom is -0.496 e. The molecule has 0 spiro atoms. The van der Waals surface area contributed by atoms with Gasteiger partial charge in [-0.25, -0.2) is 0 Å². The minimum absolute atomic E-state index is 0.0379. The average Bonchev–Trinajstić information content (AvgIpc) is 2.40. The number of Topliss-reactive ketones (excluding diaryl/α,β-unsaturated/α-hetero) is 1. The second-order valence-electron chi connectivity index (χ2n) is 5.05. The normalized spacial score (nSPS) is 12.3. The van der Waals surface area contributed by atoms with E-state index in [9.17, 15) is 4.79 Å². The maximum Gasteiger partial charge on any atom is 0.167 e. The van der Waals surface area contributed by atoms with Gasteiger partial charge in [0, 0.05) is 18.0 Å². The van der Waals surface area contributed by atoms with Crippen LogP contribution in [0.25, 0.3) is 0 Å². The highest BCUT2D eigenvalue weighted by Gasteiger charge is 2.22. The van der Waals surface area contributed by atoms with Gasteiger partial charge in [0.15, 0.2) is 5.78 Å².